The third-order valence-corrected chi connectivity index (χ3v) is 4.25. The highest BCUT2D eigenvalue weighted by Crippen LogP contribution is 2.31. The van der Waals surface area contributed by atoms with Gasteiger partial charge in [-0.25, -0.2) is 0 Å². The summed E-state index contributed by atoms with van der Waals surface area (Å²) in [5.74, 6) is 0. The Morgan fingerprint density at radius 1 is 1.43 bits per heavy atom. The highest BCUT2D eigenvalue weighted by atomic mass is 16.3. The summed E-state index contributed by atoms with van der Waals surface area (Å²) in [6.07, 6.45) is 9.25. The summed E-state index contributed by atoms with van der Waals surface area (Å²) in [6, 6.07) is 0.590. The first-order valence-corrected chi connectivity index (χ1v) is 7.59. The van der Waals surface area contributed by atoms with E-state index in [-0.39, 0.29) is 12.6 Å². The van der Waals surface area contributed by atoms with Crippen molar-refractivity contribution in [2.75, 3.05) is 6.61 Å². The largest absolute Gasteiger partial charge is 0.394 e. The topological polar surface area (TPSA) is 67.9 Å². The van der Waals surface area contributed by atoms with Gasteiger partial charge in [-0.3, -0.25) is 9.36 Å². The van der Waals surface area contributed by atoms with Crippen molar-refractivity contribution >= 4 is 0 Å². The number of nitrogens with one attached hydrogen (secondary N) is 1. The van der Waals surface area contributed by atoms with Crippen LogP contribution in [0.4, 0.5) is 0 Å². The number of rotatable bonds is 5. The molecule has 6 heteroatoms. The van der Waals surface area contributed by atoms with Gasteiger partial charge in [-0.1, -0.05) is 0 Å². The van der Waals surface area contributed by atoms with Gasteiger partial charge in [0.15, 0.2) is 0 Å². The number of aromatic nitrogens is 4. The quantitative estimate of drug-likeness (QED) is 0.871. The van der Waals surface area contributed by atoms with E-state index in [0.29, 0.717) is 12.6 Å². The van der Waals surface area contributed by atoms with Gasteiger partial charge in [0.25, 0.3) is 0 Å². The Labute approximate surface area is 124 Å². The summed E-state index contributed by atoms with van der Waals surface area (Å²) in [4.78, 5) is 0. The third kappa shape index (κ3) is 2.87. The zero-order valence-electron chi connectivity index (χ0n) is 12.7. The Morgan fingerprint density at radius 2 is 2.29 bits per heavy atom. The number of aliphatic hydroxyl groups excluding tert-OH is 1. The van der Waals surface area contributed by atoms with Gasteiger partial charge < -0.3 is 10.4 Å². The van der Waals surface area contributed by atoms with Crippen LogP contribution in [0.15, 0.2) is 18.6 Å². The lowest BCUT2D eigenvalue weighted by molar-refractivity contribution is 0.266. The summed E-state index contributed by atoms with van der Waals surface area (Å²) in [6.45, 7) is 2.89. The molecule has 0 saturated heterocycles. The minimum Gasteiger partial charge on any atom is -0.394 e. The predicted octanol–water partition coefficient (Wildman–Crippen LogP) is 1.34. The monoisotopic (exact) mass is 289 g/mol. The fourth-order valence-electron chi connectivity index (χ4n) is 3.14. The van der Waals surface area contributed by atoms with E-state index >= 15 is 0 Å². The highest BCUT2D eigenvalue weighted by Gasteiger charge is 2.25. The molecule has 1 aliphatic rings. The zero-order chi connectivity index (χ0) is 14.8. The molecule has 2 N–H and O–H groups in total. The van der Waals surface area contributed by atoms with Crippen LogP contribution in [-0.2, 0) is 20.0 Å². The molecule has 2 aromatic heterocycles. The van der Waals surface area contributed by atoms with E-state index in [0.717, 1.165) is 19.3 Å². The maximum absolute atomic E-state index is 9.12. The lowest BCUT2D eigenvalue weighted by atomic mass is 9.92. The standard InChI is InChI=1S/C15H23N5O/c1-11(12-8-16-19(2)10-12)18-14-4-3-5-15-13(14)9-17-20(15)6-7-21/h8-11,14,18,21H,3-7H2,1-2H3. The first-order valence-electron chi connectivity index (χ1n) is 7.59. The lowest BCUT2D eigenvalue weighted by Gasteiger charge is -2.27. The van der Waals surface area contributed by atoms with Crippen molar-refractivity contribution in [2.24, 2.45) is 7.05 Å². The van der Waals surface area contributed by atoms with Crippen molar-refractivity contribution in [1.82, 2.24) is 24.9 Å². The fraction of sp³-hybridized carbons (Fsp3) is 0.600. The first kappa shape index (κ1) is 14.3. The van der Waals surface area contributed by atoms with E-state index in [1.54, 1.807) is 0 Å². The predicted molar refractivity (Wildman–Crippen MR) is 79.8 cm³/mol. The van der Waals surface area contributed by atoms with Crippen LogP contribution in [0.3, 0.4) is 0 Å². The SMILES string of the molecule is CC(NC1CCCc2c1cnn2CCO)c1cnn(C)c1. The molecule has 0 aliphatic heterocycles. The number of aliphatic hydroxyl groups is 1. The minimum absolute atomic E-state index is 0.137. The zero-order valence-corrected chi connectivity index (χ0v) is 12.7. The number of aryl methyl sites for hydroxylation is 1. The Kier molecular flexibility index (Phi) is 4.07. The van der Waals surface area contributed by atoms with Crippen molar-refractivity contribution in [2.45, 2.75) is 44.8 Å². The van der Waals surface area contributed by atoms with E-state index in [4.69, 9.17) is 5.11 Å². The smallest absolute Gasteiger partial charge is 0.0644 e. The summed E-state index contributed by atoms with van der Waals surface area (Å²) < 4.78 is 3.77. The molecule has 2 unspecified atom stereocenters. The average Bonchev–Trinajstić information content (AvgIpc) is 3.07. The second-order valence-corrected chi connectivity index (χ2v) is 5.77. The Bertz CT molecular complexity index is 603. The summed E-state index contributed by atoms with van der Waals surface area (Å²) >= 11 is 0. The van der Waals surface area contributed by atoms with E-state index in [1.165, 1.54) is 16.8 Å². The van der Waals surface area contributed by atoms with Crippen LogP contribution in [0.1, 0.15) is 48.7 Å². The molecule has 2 aromatic rings. The molecular formula is C15H23N5O. The molecule has 0 saturated carbocycles. The normalized spacial score (nSPS) is 19.5. The van der Waals surface area contributed by atoms with Crippen molar-refractivity contribution < 1.29 is 5.11 Å². The van der Waals surface area contributed by atoms with Gasteiger partial charge in [-0.15, -0.1) is 0 Å². The first-order chi connectivity index (χ1) is 10.2. The average molecular weight is 289 g/mol. The van der Waals surface area contributed by atoms with Crippen LogP contribution in [0.2, 0.25) is 0 Å². The summed E-state index contributed by atoms with van der Waals surface area (Å²) in [5.41, 5.74) is 3.75. The molecule has 2 atom stereocenters. The van der Waals surface area contributed by atoms with Crippen LogP contribution >= 0.6 is 0 Å². The fourth-order valence-corrected chi connectivity index (χ4v) is 3.14. The van der Waals surface area contributed by atoms with E-state index in [2.05, 4.69) is 28.6 Å². The van der Waals surface area contributed by atoms with E-state index in [1.807, 2.05) is 28.8 Å². The van der Waals surface area contributed by atoms with Gasteiger partial charge >= 0.3 is 0 Å². The molecule has 3 rings (SSSR count). The molecule has 0 spiro atoms. The Hall–Kier alpha value is -1.66. The molecule has 2 heterocycles. The van der Waals surface area contributed by atoms with Crippen molar-refractivity contribution in [3.05, 3.63) is 35.4 Å². The molecule has 1 aliphatic carbocycles. The van der Waals surface area contributed by atoms with Crippen LogP contribution in [0.5, 0.6) is 0 Å². The third-order valence-electron chi connectivity index (χ3n) is 4.25. The highest BCUT2D eigenvalue weighted by molar-refractivity contribution is 5.25. The molecule has 114 valence electrons. The lowest BCUT2D eigenvalue weighted by Crippen LogP contribution is -2.28. The molecule has 21 heavy (non-hydrogen) atoms. The van der Waals surface area contributed by atoms with Crippen LogP contribution < -0.4 is 5.32 Å². The number of nitrogens with zero attached hydrogens (tertiary/aromatic N) is 4. The summed E-state index contributed by atoms with van der Waals surface area (Å²) in [5, 5.41) is 21.5. The van der Waals surface area contributed by atoms with Crippen molar-refractivity contribution in [1.29, 1.82) is 0 Å². The van der Waals surface area contributed by atoms with Gasteiger partial charge in [0, 0.05) is 42.1 Å². The van der Waals surface area contributed by atoms with E-state index < -0.39 is 0 Å². The maximum atomic E-state index is 9.12. The van der Waals surface area contributed by atoms with Gasteiger partial charge in [-0.2, -0.15) is 10.2 Å². The van der Waals surface area contributed by atoms with Crippen molar-refractivity contribution in [3.63, 3.8) is 0 Å². The molecule has 6 nitrogen and oxygen atoms in total. The number of fused-ring (bicyclic) bond motifs is 1. The van der Waals surface area contributed by atoms with Gasteiger partial charge in [-0.05, 0) is 26.2 Å². The molecule has 0 amide bonds. The van der Waals surface area contributed by atoms with E-state index in [9.17, 15) is 0 Å². The van der Waals surface area contributed by atoms with Crippen molar-refractivity contribution in [3.8, 4) is 0 Å². The molecule has 0 radical (unpaired) electrons. The number of hydrogen-bond donors (Lipinski definition) is 2. The van der Waals surface area contributed by atoms with Gasteiger partial charge in [0.05, 0.1) is 25.5 Å². The van der Waals surface area contributed by atoms with Crippen LogP contribution in [0, 0.1) is 0 Å². The van der Waals surface area contributed by atoms with Gasteiger partial charge in [0.2, 0.25) is 0 Å². The summed E-state index contributed by atoms with van der Waals surface area (Å²) in [7, 11) is 1.94. The molecular weight excluding hydrogens is 266 g/mol. The maximum Gasteiger partial charge on any atom is 0.0644 e. The number of hydrogen-bond acceptors (Lipinski definition) is 4. The molecule has 0 fully saturated rings. The van der Waals surface area contributed by atoms with Crippen LogP contribution in [-0.4, -0.2) is 31.3 Å². The second kappa shape index (κ2) is 5.99. The Morgan fingerprint density at radius 3 is 3.00 bits per heavy atom. The molecule has 0 bridgehead atoms. The second-order valence-electron chi connectivity index (χ2n) is 5.77. The minimum atomic E-state index is 0.137. The molecule has 0 aromatic carbocycles. The van der Waals surface area contributed by atoms with Gasteiger partial charge in [0.1, 0.15) is 0 Å². The van der Waals surface area contributed by atoms with Crippen LogP contribution in [0.25, 0.3) is 0 Å². The Balaban J connectivity index is 1.76.